The number of carbonyl (C=O) groups is 1. The van der Waals surface area contributed by atoms with Crippen LogP contribution in [0.5, 0.6) is 0 Å². The fraction of sp³-hybridized carbons (Fsp3) is 0.524. The van der Waals surface area contributed by atoms with Gasteiger partial charge >= 0.3 is 0 Å². The summed E-state index contributed by atoms with van der Waals surface area (Å²) in [5, 5.41) is 3.35. The number of hydrogen-bond acceptors (Lipinski definition) is 2. The monoisotopic (exact) mass is 356 g/mol. The van der Waals surface area contributed by atoms with Gasteiger partial charge in [0.2, 0.25) is 5.91 Å². The number of carbonyl (C=O) groups excluding carboxylic acids is 1. The van der Waals surface area contributed by atoms with Gasteiger partial charge < -0.3 is 15.1 Å². The molecule has 26 heavy (non-hydrogen) atoms. The molecule has 1 aliphatic heterocycles. The van der Waals surface area contributed by atoms with Gasteiger partial charge in [0.1, 0.15) is 6.54 Å². The lowest BCUT2D eigenvalue weighted by Crippen LogP contribution is -2.46. The minimum atomic E-state index is 0.0126. The Morgan fingerprint density at radius 1 is 1.27 bits per heavy atom. The van der Waals surface area contributed by atoms with E-state index in [0.29, 0.717) is 12.5 Å². The van der Waals surface area contributed by atoms with E-state index >= 15 is 0 Å². The Bertz CT molecular complexity index is 616. The van der Waals surface area contributed by atoms with Crippen molar-refractivity contribution >= 4 is 11.9 Å². The summed E-state index contributed by atoms with van der Waals surface area (Å²) in [5.41, 5.74) is 2.47. The smallest absolute Gasteiger partial charge is 0.243 e. The van der Waals surface area contributed by atoms with Crippen LogP contribution in [0.2, 0.25) is 0 Å². The topological polar surface area (TPSA) is 47.9 Å². The van der Waals surface area contributed by atoms with Crippen LogP contribution in [0.4, 0.5) is 0 Å². The van der Waals surface area contributed by atoms with Crippen LogP contribution >= 0.6 is 0 Å². The van der Waals surface area contributed by atoms with Gasteiger partial charge in [-0.2, -0.15) is 0 Å². The number of piperidine rings is 1. The van der Waals surface area contributed by atoms with Gasteiger partial charge in [-0.05, 0) is 37.7 Å². The van der Waals surface area contributed by atoms with E-state index in [9.17, 15) is 4.79 Å². The van der Waals surface area contributed by atoms with Gasteiger partial charge in [-0.15, -0.1) is 0 Å². The average molecular weight is 357 g/mol. The number of likely N-dealkylation sites (tertiary alicyclic amines) is 1. The third-order valence-electron chi connectivity index (χ3n) is 4.69. The highest BCUT2D eigenvalue weighted by Crippen LogP contribution is 2.21. The molecule has 1 N–H and O–H groups in total. The van der Waals surface area contributed by atoms with Crippen molar-refractivity contribution in [3.05, 3.63) is 48.0 Å². The molecule has 1 heterocycles. The molecule has 1 saturated heterocycles. The molecule has 0 unspecified atom stereocenters. The number of nitrogens with one attached hydrogen (secondary N) is 1. The number of likely N-dealkylation sites (N-methyl/N-ethyl adjacent to an activating group) is 1. The summed E-state index contributed by atoms with van der Waals surface area (Å²) in [6, 6.07) is 10.7. The molecule has 1 aromatic rings. The van der Waals surface area contributed by atoms with Gasteiger partial charge in [0, 0.05) is 33.7 Å². The van der Waals surface area contributed by atoms with Crippen molar-refractivity contribution in [2.75, 3.05) is 40.3 Å². The minimum Gasteiger partial charge on any atom is -0.353 e. The average Bonchev–Trinajstić information content (AvgIpc) is 2.63. The van der Waals surface area contributed by atoms with Crippen LogP contribution in [-0.2, 0) is 11.2 Å². The Morgan fingerprint density at radius 2 is 1.92 bits per heavy atom. The SMILES string of the molecule is C=C(C)CNC(=NCC(=O)N(C)C)N1CCC(Cc2ccccc2)CC1. The summed E-state index contributed by atoms with van der Waals surface area (Å²) in [5.74, 6) is 1.54. The largest absolute Gasteiger partial charge is 0.353 e. The zero-order valence-electron chi connectivity index (χ0n) is 16.4. The number of rotatable bonds is 6. The molecule has 2 rings (SSSR count). The molecule has 0 aliphatic carbocycles. The molecule has 0 bridgehead atoms. The van der Waals surface area contributed by atoms with Gasteiger partial charge in [-0.3, -0.25) is 4.79 Å². The van der Waals surface area contributed by atoms with Gasteiger partial charge in [0.05, 0.1) is 0 Å². The first-order chi connectivity index (χ1) is 12.5. The van der Waals surface area contributed by atoms with E-state index in [1.807, 2.05) is 6.92 Å². The number of benzene rings is 1. The molecule has 0 spiro atoms. The number of amides is 1. The van der Waals surface area contributed by atoms with Crippen LogP contribution in [-0.4, -0.2) is 61.9 Å². The van der Waals surface area contributed by atoms with E-state index in [1.165, 1.54) is 5.56 Å². The second-order valence-electron chi connectivity index (χ2n) is 7.36. The van der Waals surface area contributed by atoms with E-state index in [0.717, 1.165) is 43.9 Å². The van der Waals surface area contributed by atoms with Crippen LogP contribution < -0.4 is 5.32 Å². The van der Waals surface area contributed by atoms with Gasteiger partial charge in [0.15, 0.2) is 5.96 Å². The zero-order chi connectivity index (χ0) is 18.9. The first-order valence-corrected chi connectivity index (χ1v) is 9.37. The summed E-state index contributed by atoms with van der Waals surface area (Å²) < 4.78 is 0. The molecule has 1 fully saturated rings. The molecule has 1 aliphatic rings. The fourth-order valence-corrected chi connectivity index (χ4v) is 3.08. The zero-order valence-corrected chi connectivity index (χ0v) is 16.4. The molecule has 5 nitrogen and oxygen atoms in total. The molecular formula is C21H32N4O. The molecule has 1 amide bonds. The minimum absolute atomic E-state index is 0.0126. The molecular weight excluding hydrogens is 324 g/mol. The van der Waals surface area contributed by atoms with Crippen molar-refractivity contribution in [1.29, 1.82) is 0 Å². The van der Waals surface area contributed by atoms with Gasteiger partial charge in [0.25, 0.3) is 0 Å². The summed E-state index contributed by atoms with van der Waals surface area (Å²) in [7, 11) is 3.52. The highest BCUT2D eigenvalue weighted by atomic mass is 16.2. The Labute approximate surface area is 157 Å². The standard InChI is InChI=1S/C21H32N4O/c1-17(2)15-22-21(23-16-20(26)24(3)4)25-12-10-19(11-13-25)14-18-8-6-5-7-9-18/h5-9,19H,1,10-16H2,2-4H3,(H,22,23). The second-order valence-corrected chi connectivity index (χ2v) is 7.36. The van der Waals surface area contributed by atoms with E-state index in [-0.39, 0.29) is 12.5 Å². The lowest BCUT2D eigenvalue weighted by atomic mass is 9.90. The van der Waals surface area contributed by atoms with Crippen LogP contribution in [0.3, 0.4) is 0 Å². The molecule has 5 heteroatoms. The molecule has 0 radical (unpaired) electrons. The number of guanidine groups is 1. The lowest BCUT2D eigenvalue weighted by Gasteiger charge is -2.34. The quantitative estimate of drug-likeness (QED) is 0.484. The molecule has 1 aromatic carbocycles. The van der Waals surface area contributed by atoms with Crippen molar-refractivity contribution in [2.45, 2.75) is 26.2 Å². The van der Waals surface area contributed by atoms with Crippen LogP contribution in [0, 0.1) is 5.92 Å². The molecule has 0 aromatic heterocycles. The van der Waals surface area contributed by atoms with E-state index in [1.54, 1.807) is 19.0 Å². The summed E-state index contributed by atoms with van der Waals surface area (Å²) in [4.78, 5) is 20.3. The predicted octanol–water partition coefficient (Wildman–Crippen LogP) is 2.55. The second kappa shape index (κ2) is 10.00. The van der Waals surface area contributed by atoms with Crippen LogP contribution in [0.1, 0.15) is 25.3 Å². The summed E-state index contributed by atoms with van der Waals surface area (Å²) >= 11 is 0. The Hall–Kier alpha value is -2.30. The first kappa shape index (κ1) is 20.0. The van der Waals surface area contributed by atoms with Crippen molar-refractivity contribution in [2.24, 2.45) is 10.9 Å². The third kappa shape index (κ3) is 6.54. The fourth-order valence-electron chi connectivity index (χ4n) is 3.08. The van der Waals surface area contributed by atoms with Gasteiger partial charge in [-0.1, -0.05) is 42.5 Å². The van der Waals surface area contributed by atoms with Crippen molar-refractivity contribution in [3.63, 3.8) is 0 Å². The normalized spacial score (nSPS) is 15.7. The van der Waals surface area contributed by atoms with E-state index in [2.05, 4.69) is 52.1 Å². The maximum atomic E-state index is 11.9. The van der Waals surface area contributed by atoms with Gasteiger partial charge in [-0.25, -0.2) is 4.99 Å². The predicted molar refractivity (Wildman–Crippen MR) is 108 cm³/mol. The van der Waals surface area contributed by atoms with Crippen LogP contribution in [0.25, 0.3) is 0 Å². The van der Waals surface area contributed by atoms with Crippen molar-refractivity contribution in [1.82, 2.24) is 15.1 Å². The molecule has 142 valence electrons. The van der Waals surface area contributed by atoms with E-state index < -0.39 is 0 Å². The highest BCUT2D eigenvalue weighted by Gasteiger charge is 2.22. The van der Waals surface area contributed by atoms with Crippen LogP contribution in [0.15, 0.2) is 47.5 Å². The maximum absolute atomic E-state index is 11.9. The van der Waals surface area contributed by atoms with E-state index in [4.69, 9.17) is 0 Å². The van der Waals surface area contributed by atoms with Crippen molar-refractivity contribution < 1.29 is 4.79 Å². The summed E-state index contributed by atoms with van der Waals surface area (Å²) in [6.07, 6.45) is 3.42. The first-order valence-electron chi connectivity index (χ1n) is 9.37. The molecule has 0 saturated carbocycles. The molecule has 0 atom stereocenters. The Kier molecular flexibility index (Phi) is 7.70. The van der Waals surface area contributed by atoms with Crippen molar-refractivity contribution in [3.8, 4) is 0 Å². The third-order valence-corrected chi connectivity index (χ3v) is 4.69. The Balaban J connectivity index is 1.92. The highest BCUT2D eigenvalue weighted by molar-refractivity contribution is 5.85. The summed E-state index contributed by atoms with van der Waals surface area (Å²) in [6.45, 7) is 8.72. The number of hydrogen-bond donors (Lipinski definition) is 1. The lowest BCUT2D eigenvalue weighted by molar-refractivity contribution is -0.127. The number of aliphatic imine (C=N–C) groups is 1. The number of nitrogens with zero attached hydrogens (tertiary/aromatic N) is 3. The maximum Gasteiger partial charge on any atom is 0.243 e. The Morgan fingerprint density at radius 3 is 2.50 bits per heavy atom.